The number of carbonyl (C=O) groups excluding carboxylic acids is 2. The van der Waals surface area contributed by atoms with Crippen molar-refractivity contribution in [1.29, 1.82) is 0 Å². The fourth-order valence-electron chi connectivity index (χ4n) is 5.41. The second-order valence-corrected chi connectivity index (χ2v) is 12.3. The molecule has 0 atom stereocenters. The van der Waals surface area contributed by atoms with Crippen LogP contribution in [0.4, 0.5) is 5.82 Å². The van der Waals surface area contributed by atoms with Crippen LogP contribution in [0.1, 0.15) is 35.1 Å². The molecule has 0 fully saturated rings. The maximum atomic E-state index is 12.6. The third kappa shape index (κ3) is 8.91. The number of halogens is 2. The first kappa shape index (κ1) is 35.1. The lowest BCUT2D eigenvalue weighted by Crippen LogP contribution is -2.21. The number of nitrogens with one attached hydrogen (secondary N) is 2. The zero-order chi connectivity index (χ0) is 35.7. The average molecular weight is 722 g/mol. The summed E-state index contributed by atoms with van der Waals surface area (Å²) < 4.78 is 14.3. The second-order valence-electron chi connectivity index (χ2n) is 11.6. The maximum Gasteiger partial charge on any atom is 0.244 e. The van der Waals surface area contributed by atoms with Gasteiger partial charge >= 0.3 is 0 Å². The smallest absolute Gasteiger partial charge is 0.244 e. The first-order valence-corrected chi connectivity index (χ1v) is 16.9. The summed E-state index contributed by atoms with van der Waals surface area (Å²) in [5, 5.41) is 7.37. The quantitative estimate of drug-likeness (QED) is 0.116. The van der Waals surface area contributed by atoms with Crippen LogP contribution in [0.25, 0.3) is 22.7 Å². The molecular weight excluding hydrogens is 687 g/mol. The van der Waals surface area contributed by atoms with Gasteiger partial charge in [-0.05, 0) is 84.8 Å². The fraction of sp³-hybridized carbons (Fsp3) is 0.154. The summed E-state index contributed by atoms with van der Waals surface area (Å²) in [6.07, 6.45) is 8.71. The van der Waals surface area contributed by atoms with Gasteiger partial charge in [-0.1, -0.05) is 35.3 Å². The third-order valence-corrected chi connectivity index (χ3v) is 8.60. The monoisotopic (exact) mass is 720 g/mol. The van der Waals surface area contributed by atoms with Gasteiger partial charge in [-0.25, -0.2) is 9.97 Å². The van der Waals surface area contributed by atoms with Crippen molar-refractivity contribution >= 4 is 57.8 Å². The first-order valence-electron chi connectivity index (χ1n) is 16.1. The van der Waals surface area contributed by atoms with Crippen molar-refractivity contribution in [2.24, 2.45) is 0 Å². The van der Waals surface area contributed by atoms with Gasteiger partial charge in [0.1, 0.15) is 29.4 Å². The molecule has 2 amide bonds. The van der Waals surface area contributed by atoms with E-state index in [-0.39, 0.29) is 18.4 Å². The Bertz CT molecular complexity index is 2200. The molecule has 4 aromatic heterocycles. The fourth-order valence-corrected chi connectivity index (χ4v) is 6.06. The summed E-state index contributed by atoms with van der Waals surface area (Å²) in [5.41, 5.74) is 5.33. The van der Waals surface area contributed by atoms with Gasteiger partial charge in [-0.3, -0.25) is 14.6 Å². The summed E-state index contributed by atoms with van der Waals surface area (Å²) in [6, 6.07) is 24.3. The molecule has 10 nitrogen and oxygen atoms in total. The molecule has 0 spiro atoms. The van der Waals surface area contributed by atoms with Gasteiger partial charge in [-0.15, -0.1) is 0 Å². The number of anilines is 1. The van der Waals surface area contributed by atoms with Crippen molar-refractivity contribution in [2.75, 3.05) is 11.9 Å². The molecule has 12 heteroatoms. The molecule has 0 bridgehead atoms. The van der Waals surface area contributed by atoms with Crippen molar-refractivity contribution in [2.45, 2.75) is 33.4 Å². The molecule has 0 saturated heterocycles. The summed E-state index contributed by atoms with van der Waals surface area (Å²) in [4.78, 5) is 37.1. The summed E-state index contributed by atoms with van der Waals surface area (Å²) >= 11 is 13.6. The number of pyridine rings is 3. The molecule has 6 rings (SSSR count). The molecule has 0 aliphatic heterocycles. The predicted octanol–water partition coefficient (Wildman–Crippen LogP) is 7.92. The largest absolute Gasteiger partial charge is 0.491 e. The second kappa shape index (κ2) is 16.3. The van der Waals surface area contributed by atoms with Crippen LogP contribution >= 0.6 is 23.2 Å². The molecular formula is C39H34Cl2N6O4. The zero-order valence-electron chi connectivity index (χ0n) is 27.9. The number of para-hydroxylation sites is 1. The maximum absolute atomic E-state index is 12.6. The Hall–Kier alpha value is -5.71. The lowest BCUT2D eigenvalue weighted by Gasteiger charge is -2.16. The van der Waals surface area contributed by atoms with Crippen LogP contribution in [0.2, 0.25) is 10.0 Å². The predicted molar refractivity (Wildman–Crippen MR) is 199 cm³/mol. The number of aryl methyl sites for hydroxylation is 1. The minimum atomic E-state index is -0.279. The highest BCUT2D eigenvalue weighted by Gasteiger charge is 2.16. The Morgan fingerprint density at radius 1 is 0.941 bits per heavy atom. The zero-order valence-corrected chi connectivity index (χ0v) is 29.4. The standard InChI is InChI=1S/C39H34Cl2N6O4/c1-25-21-35(51-24-28-7-3-4-18-42-28)31-9-5-10-34(39(31)45-25)50-20-17-30-32(40)13-14-33(38(30)41)47-19-6-8-29(47)23-44-37(49)16-12-27-11-15-36(43-22-27)46-26(2)48/h3-16,18-19,21-22H,17,20,23-24H2,1-2H3,(H,44,49)(H,43,46,48)/b16-12+. The van der Waals surface area contributed by atoms with E-state index in [9.17, 15) is 9.59 Å². The van der Waals surface area contributed by atoms with E-state index in [1.54, 1.807) is 30.6 Å². The van der Waals surface area contributed by atoms with Crippen LogP contribution in [-0.4, -0.2) is 37.9 Å². The van der Waals surface area contributed by atoms with E-state index < -0.39 is 0 Å². The van der Waals surface area contributed by atoms with E-state index in [1.807, 2.05) is 84.4 Å². The number of carbonyl (C=O) groups is 2. The lowest BCUT2D eigenvalue weighted by atomic mass is 10.1. The summed E-state index contributed by atoms with van der Waals surface area (Å²) in [7, 11) is 0. The van der Waals surface area contributed by atoms with Crippen molar-refractivity contribution in [3.05, 3.63) is 142 Å². The molecule has 0 aliphatic carbocycles. The Balaban J connectivity index is 1.11. The van der Waals surface area contributed by atoms with Crippen LogP contribution in [0, 0.1) is 6.92 Å². The molecule has 2 N–H and O–H groups in total. The van der Waals surface area contributed by atoms with E-state index in [0.29, 0.717) is 58.1 Å². The van der Waals surface area contributed by atoms with Crippen molar-refractivity contribution in [1.82, 2.24) is 24.8 Å². The SMILES string of the molecule is CC(=O)Nc1ccc(/C=C/C(=O)NCc2cccn2-c2ccc(Cl)c(CCOc3cccc4c(OCc5ccccn5)cc(C)nc34)c2Cl)cn1. The van der Waals surface area contributed by atoms with Gasteiger partial charge in [0.2, 0.25) is 11.8 Å². The average Bonchev–Trinajstić information content (AvgIpc) is 3.59. The van der Waals surface area contributed by atoms with Crippen LogP contribution in [0.5, 0.6) is 11.5 Å². The Morgan fingerprint density at radius 2 is 1.82 bits per heavy atom. The number of benzene rings is 2. The van der Waals surface area contributed by atoms with E-state index in [4.69, 9.17) is 37.7 Å². The number of ether oxygens (including phenoxy) is 2. The van der Waals surface area contributed by atoms with Gasteiger partial charge in [0, 0.05) is 65.9 Å². The highest BCUT2D eigenvalue weighted by molar-refractivity contribution is 6.37. The molecule has 51 heavy (non-hydrogen) atoms. The molecule has 4 heterocycles. The minimum absolute atomic E-state index is 0.205. The highest BCUT2D eigenvalue weighted by atomic mass is 35.5. The lowest BCUT2D eigenvalue weighted by molar-refractivity contribution is -0.116. The number of aromatic nitrogens is 4. The topological polar surface area (TPSA) is 120 Å². The van der Waals surface area contributed by atoms with E-state index >= 15 is 0 Å². The molecule has 258 valence electrons. The molecule has 0 aliphatic rings. The Kier molecular flexibility index (Phi) is 11.2. The van der Waals surface area contributed by atoms with Crippen molar-refractivity contribution < 1.29 is 19.1 Å². The van der Waals surface area contributed by atoms with Gasteiger partial charge in [0.15, 0.2) is 0 Å². The molecule has 2 aromatic carbocycles. The molecule has 0 radical (unpaired) electrons. The molecule has 0 unspecified atom stereocenters. The van der Waals surface area contributed by atoms with E-state index in [1.165, 1.54) is 13.0 Å². The third-order valence-electron chi connectivity index (χ3n) is 7.82. The van der Waals surface area contributed by atoms with E-state index in [0.717, 1.165) is 33.7 Å². The first-order chi connectivity index (χ1) is 24.7. The Morgan fingerprint density at radius 3 is 2.61 bits per heavy atom. The van der Waals surface area contributed by atoms with Gasteiger partial charge in [-0.2, -0.15) is 0 Å². The van der Waals surface area contributed by atoms with Crippen LogP contribution in [0.3, 0.4) is 0 Å². The number of fused-ring (bicyclic) bond motifs is 1. The van der Waals surface area contributed by atoms with Gasteiger partial charge in [0.05, 0.1) is 29.6 Å². The highest BCUT2D eigenvalue weighted by Crippen LogP contribution is 2.34. The van der Waals surface area contributed by atoms with Crippen molar-refractivity contribution in [3.63, 3.8) is 0 Å². The van der Waals surface area contributed by atoms with Crippen LogP contribution < -0.4 is 20.1 Å². The Labute approximate surface area is 305 Å². The van der Waals surface area contributed by atoms with Gasteiger partial charge in [0.25, 0.3) is 0 Å². The summed E-state index contributed by atoms with van der Waals surface area (Å²) in [5.74, 6) is 1.28. The normalized spacial score (nSPS) is 11.1. The minimum Gasteiger partial charge on any atom is -0.491 e. The molecule has 0 saturated carbocycles. The number of nitrogens with zero attached hydrogens (tertiary/aromatic N) is 4. The van der Waals surface area contributed by atoms with Crippen LogP contribution in [-0.2, 0) is 29.2 Å². The number of hydrogen-bond acceptors (Lipinski definition) is 7. The van der Waals surface area contributed by atoms with E-state index in [2.05, 4.69) is 20.6 Å². The van der Waals surface area contributed by atoms with Crippen molar-refractivity contribution in [3.8, 4) is 17.2 Å². The number of rotatable bonds is 13. The van der Waals surface area contributed by atoms with Gasteiger partial charge < -0.3 is 24.7 Å². The van der Waals surface area contributed by atoms with Crippen LogP contribution in [0.15, 0.2) is 104 Å². The molecule has 6 aromatic rings. The number of amides is 2. The number of hydrogen-bond donors (Lipinski definition) is 2. The summed E-state index contributed by atoms with van der Waals surface area (Å²) in [6.45, 7) is 4.22.